The average molecular weight is 258 g/mol. The molecule has 2 bridgehead atoms. The molecule has 3 nitrogen and oxygen atoms in total. The van der Waals surface area contributed by atoms with Crippen molar-refractivity contribution in [2.24, 2.45) is 16.7 Å². The maximum atomic E-state index is 12.2. The minimum atomic E-state index is -0.892. The fourth-order valence-electron chi connectivity index (χ4n) is 4.63. The van der Waals surface area contributed by atoms with Crippen molar-refractivity contribution in [3.05, 3.63) is 0 Å². The highest BCUT2D eigenvalue weighted by Crippen LogP contribution is 2.72. The summed E-state index contributed by atoms with van der Waals surface area (Å²) in [6, 6.07) is 0. The number of ether oxygens (including phenoxy) is 2. The number of fused-ring (bicyclic) bond motifs is 3. The molecule has 1 saturated heterocycles. The van der Waals surface area contributed by atoms with E-state index in [9.17, 15) is 4.21 Å². The third kappa shape index (κ3) is 1.13. The maximum Gasteiger partial charge on any atom is 0.189 e. The van der Waals surface area contributed by atoms with Gasteiger partial charge in [0.25, 0.3) is 0 Å². The zero-order chi connectivity index (χ0) is 12.5. The van der Waals surface area contributed by atoms with Crippen molar-refractivity contribution in [3.8, 4) is 0 Å². The molecule has 1 aliphatic heterocycles. The Bertz CT molecular complexity index is 373. The van der Waals surface area contributed by atoms with Gasteiger partial charge in [-0.05, 0) is 24.2 Å². The molecule has 3 rings (SSSR count). The molecule has 17 heavy (non-hydrogen) atoms. The molecule has 4 atom stereocenters. The smallest absolute Gasteiger partial charge is 0.189 e. The summed E-state index contributed by atoms with van der Waals surface area (Å²) >= 11 is 0. The predicted octanol–water partition coefficient (Wildman–Crippen LogP) is 1.93. The van der Waals surface area contributed by atoms with Crippen LogP contribution in [-0.2, 0) is 20.3 Å². The predicted molar refractivity (Wildman–Crippen MR) is 67.1 cm³/mol. The second kappa shape index (κ2) is 3.34. The van der Waals surface area contributed by atoms with Crippen LogP contribution in [0.4, 0.5) is 0 Å². The Hall–Kier alpha value is 0.0700. The summed E-state index contributed by atoms with van der Waals surface area (Å²) in [5, 5.41) is 0.0405. The highest BCUT2D eigenvalue weighted by Gasteiger charge is 2.77. The molecule has 3 fully saturated rings. The summed E-state index contributed by atoms with van der Waals surface area (Å²) < 4.78 is 24.2. The van der Waals surface area contributed by atoms with Crippen LogP contribution in [0.5, 0.6) is 0 Å². The van der Waals surface area contributed by atoms with E-state index in [2.05, 4.69) is 20.8 Å². The van der Waals surface area contributed by atoms with E-state index >= 15 is 0 Å². The number of rotatable bonds is 1. The van der Waals surface area contributed by atoms with Crippen molar-refractivity contribution in [1.29, 1.82) is 0 Å². The fourth-order valence-corrected chi connectivity index (χ4v) is 6.40. The summed E-state index contributed by atoms with van der Waals surface area (Å²) in [6.45, 7) is 8.15. The molecule has 98 valence electrons. The fraction of sp³-hybridized carbons (Fsp3) is 1.00. The Morgan fingerprint density at radius 2 is 1.76 bits per heavy atom. The lowest BCUT2D eigenvalue weighted by Crippen LogP contribution is -2.55. The quantitative estimate of drug-likeness (QED) is 0.721. The maximum absolute atomic E-state index is 12.2. The molecule has 4 heteroatoms. The Labute approximate surface area is 106 Å². The van der Waals surface area contributed by atoms with Gasteiger partial charge in [0.05, 0.1) is 18.5 Å². The van der Waals surface area contributed by atoms with E-state index in [-0.39, 0.29) is 16.1 Å². The molecule has 3 aliphatic rings. The third-order valence-electron chi connectivity index (χ3n) is 5.89. The number of hydrogen-bond acceptors (Lipinski definition) is 3. The first-order valence-electron chi connectivity index (χ1n) is 6.47. The topological polar surface area (TPSA) is 35.5 Å². The molecule has 0 amide bonds. The summed E-state index contributed by atoms with van der Waals surface area (Å²) in [4.78, 5) is 0. The van der Waals surface area contributed by atoms with E-state index in [1.807, 2.05) is 0 Å². The van der Waals surface area contributed by atoms with Crippen LogP contribution in [0.25, 0.3) is 0 Å². The molecule has 1 heterocycles. The molecule has 1 spiro atoms. The Morgan fingerprint density at radius 1 is 1.18 bits per heavy atom. The molecular formula is C13H22O3S. The molecule has 0 unspecified atom stereocenters. The molecule has 0 radical (unpaired) electrons. The molecule has 0 aromatic heterocycles. The first-order valence-corrected chi connectivity index (χ1v) is 8.09. The van der Waals surface area contributed by atoms with E-state index in [1.54, 1.807) is 6.26 Å². The van der Waals surface area contributed by atoms with Gasteiger partial charge in [0, 0.05) is 22.5 Å². The summed E-state index contributed by atoms with van der Waals surface area (Å²) in [6.07, 6.45) is 4.08. The van der Waals surface area contributed by atoms with Gasteiger partial charge in [0.2, 0.25) is 0 Å². The lowest BCUT2D eigenvalue weighted by Gasteiger charge is -2.46. The zero-order valence-corrected chi connectivity index (χ0v) is 11.9. The van der Waals surface area contributed by atoms with Crippen LogP contribution in [0.2, 0.25) is 0 Å². The first-order chi connectivity index (χ1) is 7.87. The highest BCUT2D eigenvalue weighted by atomic mass is 32.2. The second-order valence-electron chi connectivity index (χ2n) is 6.48. The van der Waals surface area contributed by atoms with Crippen molar-refractivity contribution < 1.29 is 13.7 Å². The van der Waals surface area contributed by atoms with E-state index in [0.717, 1.165) is 12.8 Å². The highest BCUT2D eigenvalue weighted by molar-refractivity contribution is 7.85. The lowest BCUT2D eigenvalue weighted by molar-refractivity contribution is -0.233. The van der Waals surface area contributed by atoms with E-state index in [4.69, 9.17) is 9.47 Å². The summed E-state index contributed by atoms with van der Waals surface area (Å²) in [7, 11) is -0.892. The van der Waals surface area contributed by atoms with Gasteiger partial charge in [-0.1, -0.05) is 20.8 Å². The monoisotopic (exact) mass is 258 g/mol. The van der Waals surface area contributed by atoms with Crippen molar-refractivity contribution in [2.75, 3.05) is 19.5 Å². The van der Waals surface area contributed by atoms with Crippen molar-refractivity contribution in [1.82, 2.24) is 0 Å². The van der Waals surface area contributed by atoms with Gasteiger partial charge in [-0.15, -0.1) is 0 Å². The van der Waals surface area contributed by atoms with Gasteiger partial charge in [0.1, 0.15) is 0 Å². The van der Waals surface area contributed by atoms with Crippen LogP contribution in [0.15, 0.2) is 0 Å². The van der Waals surface area contributed by atoms with Crippen LogP contribution in [0.1, 0.15) is 33.6 Å². The van der Waals surface area contributed by atoms with Crippen LogP contribution in [0.3, 0.4) is 0 Å². The molecule has 0 aromatic rings. The Kier molecular flexibility index (Phi) is 2.38. The standard InChI is InChI=1S/C13H22O3S/c1-11(2)9-5-6-12(11,3)13(10(9)17(4)14)15-7-8-16-13/h9-10H,5-8H2,1-4H3/t9-,10+,12-,17-/m1/s1. The number of hydrogen-bond donors (Lipinski definition) is 0. The van der Waals surface area contributed by atoms with Crippen LogP contribution in [0, 0.1) is 16.7 Å². The van der Waals surface area contributed by atoms with Gasteiger partial charge < -0.3 is 9.47 Å². The molecule has 2 saturated carbocycles. The van der Waals surface area contributed by atoms with Gasteiger partial charge in [-0.25, -0.2) is 0 Å². The van der Waals surface area contributed by atoms with E-state index in [0.29, 0.717) is 19.1 Å². The third-order valence-corrected chi connectivity index (χ3v) is 7.24. The van der Waals surface area contributed by atoms with Gasteiger partial charge in [-0.3, -0.25) is 4.21 Å². The van der Waals surface area contributed by atoms with E-state index in [1.165, 1.54) is 0 Å². The summed E-state index contributed by atoms with van der Waals surface area (Å²) in [5.74, 6) is -0.129. The van der Waals surface area contributed by atoms with E-state index < -0.39 is 16.6 Å². The van der Waals surface area contributed by atoms with Crippen molar-refractivity contribution in [3.63, 3.8) is 0 Å². The normalized spacial score (nSPS) is 47.8. The van der Waals surface area contributed by atoms with Gasteiger partial charge in [-0.2, -0.15) is 0 Å². The molecular weight excluding hydrogens is 236 g/mol. The van der Waals surface area contributed by atoms with Gasteiger partial charge >= 0.3 is 0 Å². The second-order valence-corrected chi connectivity index (χ2v) is 7.99. The van der Waals surface area contributed by atoms with Crippen LogP contribution < -0.4 is 0 Å². The largest absolute Gasteiger partial charge is 0.346 e. The lowest BCUT2D eigenvalue weighted by atomic mass is 9.68. The molecule has 2 aliphatic carbocycles. The zero-order valence-electron chi connectivity index (χ0n) is 11.1. The van der Waals surface area contributed by atoms with Gasteiger partial charge in [0.15, 0.2) is 5.79 Å². The summed E-state index contributed by atoms with van der Waals surface area (Å²) in [5.41, 5.74) is 0.144. The SMILES string of the molecule is C[S@@](=O)[C@H]1[C@H]2CC[C@](C)(C2(C)C)C12OCCO2. The Balaban J connectivity index is 2.16. The minimum Gasteiger partial charge on any atom is -0.346 e. The van der Waals surface area contributed by atoms with Crippen LogP contribution in [-0.4, -0.2) is 34.7 Å². The van der Waals surface area contributed by atoms with Crippen molar-refractivity contribution >= 4 is 10.8 Å². The Morgan fingerprint density at radius 3 is 2.29 bits per heavy atom. The molecule has 0 aromatic carbocycles. The van der Waals surface area contributed by atoms with Crippen LogP contribution >= 0.6 is 0 Å². The first kappa shape index (κ1) is 12.1. The molecule has 0 N–H and O–H groups in total. The average Bonchev–Trinajstić information content (AvgIpc) is 2.82. The van der Waals surface area contributed by atoms with Crippen molar-refractivity contribution in [2.45, 2.75) is 44.6 Å². The minimum absolute atomic E-state index is 0.00248.